The van der Waals surface area contributed by atoms with Crippen molar-refractivity contribution in [2.75, 3.05) is 19.7 Å². The quantitative estimate of drug-likeness (QED) is 0.698. The molecule has 0 aliphatic carbocycles. The van der Waals surface area contributed by atoms with Crippen LogP contribution in [0.5, 0.6) is 5.75 Å². The van der Waals surface area contributed by atoms with Crippen molar-refractivity contribution >= 4 is 27.5 Å². The number of fused-ring (bicyclic) bond motifs is 1. The molecule has 0 unspecified atom stereocenters. The van der Waals surface area contributed by atoms with E-state index in [2.05, 4.69) is 15.8 Å². The highest BCUT2D eigenvalue weighted by Gasteiger charge is 2.42. The van der Waals surface area contributed by atoms with Gasteiger partial charge in [-0.15, -0.1) is 0 Å². The van der Waals surface area contributed by atoms with Gasteiger partial charge in [-0.05, 0) is 32.0 Å². The molecule has 0 spiro atoms. The van der Waals surface area contributed by atoms with E-state index >= 15 is 0 Å². The van der Waals surface area contributed by atoms with E-state index in [9.17, 15) is 17.6 Å². The number of nitriles is 1. The molecule has 2 aliphatic rings. The maximum Gasteiger partial charge on any atom is 0.256 e. The number of nitrogens with zero attached hydrogens (tertiary/aromatic N) is 2. The van der Waals surface area contributed by atoms with Crippen molar-refractivity contribution < 1.29 is 22.3 Å². The van der Waals surface area contributed by atoms with Gasteiger partial charge in [0.15, 0.2) is 11.6 Å². The molecule has 2 aliphatic heterocycles. The van der Waals surface area contributed by atoms with Crippen molar-refractivity contribution in [1.29, 1.82) is 5.26 Å². The Hall–Kier alpha value is -2.61. The molecule has 2 aromatic rings. The van der Waals surface area contributed by atoms with Crippen molar-refractivity contribution in [2.24, 2.45) is 5.41 Å². The number of carbonyl (C=O) groups is 1. The zero-order valence-electron chi connectivity index (χ0n) is 17.7. The molecule has 1 saturated heterocycles. The highest BCUT2D eigenvalue weighted by atomic mass is 35.5. The summed E-state index contributed by atoms with van der Waals surface area (Å²) >= 11 is 5.95. The summed E-state index contributed by atoms with van der Waals surface area (Å²) in [6.07, 6.45) is 0. The second-order valence-corrected chi connectivity index (χ2v) is 10.8. The van der Waals surface area contributed by atoms with Crippen LogP contribution in [0.3, 0.4) is 0 Å². The van der Waals surface area contributed by atoms with Crippen molar-refractivity contribution in [3.05, 3.63) is 45.9 Å². The fourth-order valence-electron chi connectivity index (χ4n) is 4.08. The van der Waals surface area contributed by atoms with E-state index in [1.807, 2.05) is 0 Å². The first-order valence-corrected chi connectivity index (χ1v) is 11.8. The Morgan fingerprint density at radius 1 is 1.41 bits per heavy atom. The van der Waals surface area contributed by atoms with Crippen LogP contribution in [0.1, 0.15) is 41.4 Å². The van der Waals surface area contributed by atoms with Crippen molar-refractivity contribution in [1.82, 2.24) is 14.6 Å². The molecule has 3 heterocycles. The van der Waals surface area contributed by atoms with Gasteiger partial charge in [0.25, 0.3) is 15.9 Å². The Morgan fingerprint density at radius 3 is 2.75 bits per heavy atom. The Balaban J connectivity index is 1.53. The van der Waals surface area contributed by atoms with Crippen LogP contribution in [0.2, 0.25) is 5.02 Å². The van der Waals surface area contributed by atoms with Gasteiger partial charge in [-0.25, -0.2) is 17.5 Å². The monoisotopic (exact) mass is 480 g/mol. The second-order valence-electron chi connectivity index (χ2n) is 8.64. The minimum absolute atomic E-state index is 0.0576. The summed E-state index contributed by atoms with van der Waals surface area (Å²) in [6.45, 7) is 5.67. The number of amides is 1. The fourth-order valence-corrected chi connectivity index (χ4v) is 5.65. The number of aromatic nitrogens is 1. The first kappa shape index (κ1) is 22.6. The van der Waals surface area contributed by atoms with E-state index < -0.39 is 33.2 Å². The molecular weight excluding hydrogens is 459 g/mol. The molecule has 1 amide bonds. The molecule has 1 aromatic heterocycles. The number of hydrogen-bond acceptors (Lipinski definition) is 5. The van der Waals surface area contributed by atoms with Crippen LogP contribution >= 0.6 is 11.6 Å². The van der Waals surface area contributed by atoms with E-state index in [0.717, 1.165) is 6.07 Å². The number of benzene rings is 1. The smallest absolute Gasteiger partial charge is 0.256 e. The van der Waals surface area contributed by atoms with Gasteiger partial charge in [0.1, 0.15) is 11.6 Å². The molecule has 1 fully saturated rings. The molecule has 2 N–H and O–H groups in total. The number of rotatable bonds is 4. The largest absolute Gasteiger partial charge is 0.489 e. The number of halogens is 2. The molecular formula is C21H22ClFN4O4S. The number of carbonyl (C=O) groups excluding carboxylic acids is 1. The zero-order chi connectivity index (χ0) is 23.4. The fraction of sp³-hybridized carbons (Fsp3) is 0.429. The number of hydrogen-bond donors (Lipinski definition) is 2. The predicted molar refractivity (Wildman–Crippen MR) is 115 cm³/mol. The Labute approximate surface area is 190 Å². The molecule has 0 radical (unpaired) electrons. The summed E-state index contributed by atoms with van der Waals surface area (Å²) in [5.41, 5.74) is 0.544. The number of sulfonamides is 1. The Kier molecular flexibility index (Phi) is 5.48. The SMILES string of the molecule is Cc1[nH]c(S(=O)(=O)N[C@H]2COc3c(F)cc(Cl)cc3[C@H]2C)cc1C(=O)N1CC(C)(C#N)C1. The summed E-state index contributed by atoms with van der Waals surface area (Å²) in [5.74, 6) is -1.26. The molecule has 1 aromatic carbocycles. The first-order valence-electron chi connectivity index (χ1n) is 9.98. The summed E-state index contributed by atoms with van der Waals surface area (Å²) in [7, 11) is -4.03. The average molecular weight is 481 g/mol. The third-order valence-corrected chi connectivity index (χ3v) is 7.62. The van der Waals surface area contributed by atoms with Gasteiger partial charge in [-0.3, -0.25) is 4.79 Å². The van der Waals surface area contributed by atoms with Crippen LogP contribution < -0.4 is 9.46 Å². The zero-order valence-corrected chi connectivity index (χ0v) is 19.3. The van der Waals surface area contributed by atoms with Crippen molar-refractivity contribution in [2.45, 2.75) is 37.8 Å². The van der Waals surface area contributed by atoms with Gasteiger partial charge < -0.3 is 14.6 Å². The molecule has 170 valence electrons. The Morgan fingerprint density at radius 2 is 2.09 bits per heavy atom. The van der Waals surface area contributed by atoms with E-state index in [4.69, 9.17) is 21.6 Å². The number of aromatic amines is 1. The highest BCUT2D eigenvalue weighted by Crippen LogP contribution is 2.38. The van der Waals surface area contributed by atoms with Gasteiger partial charge >= 0.3 is 0 Å². The van der Waals surface area contributed by atoms with Crippen molar-refractivity contribution in [3.63, 3.8) is 0 Å². The van der Waals surface area contributed by atoms with E-state index in [0.29, 0.717) is 24.3 Å². The van der Waals surface area contributed by atoms with Crippen LogP contribution in [0, 0.1) is 29.5 Å². The number of H-pyrrole nitrogens is 1. The number of nitrogens with one attached hydrogen (secondary N) is 2. The molecule has 8 nitrogen and oxygen atoms in total. The first-order chi connectivity index (χ1) is 14.9. The molecule has 2 atom stereocenters. The lowest BCUT2D eigenvalue weighted by atomic mass is 9.83. The molecule has 11 heteroatoms. The number of aryl methyl sites for hydroxylation is 1. The van der Waals surface area contributed by atoms with E-state index in [1.165, 1.54) is 11.0 Å². The minimum atomic E-state index is -4.03. The average Bonchev–Trinajstić information content (AvgIpc) is 3.10. The van der Waals surface area contributed by atoms with Gasteiger partial charge in [-0.2, -0.15) is 5.26 Å². The molecule has 32 heavy (non-hydrogen) atoms. The predicted octanol–water partition coefficient (Wildman–Crippen LogP) is 2.94. The summed E-state index contributed by atoms with van der Waals surface area (Å²) in [5, 5.41) is 9.17. The maximum absolute atomic E-state index is 14.1. The molecule has 4 rings (SSSR count). The standard InChI is InChI=1S/C21H22ClFN4O4S/c1-11-14-4-13(22)5-16(23)19(14)31-7-17(11)26-32(29,30)18-6-15(12(2)25-18)20(28)27-9-21(3,8-24)10-27/h4-6,11,17,25-26H,7,9-10H2,1-3H3/t11-,17+/m1/s1. The van der Waals surface area contributed by atoms with Gasteiger partial charge in [-0.1, -0.05) is 18.5 Å². The minimum Gasteiger partial charge on any atom is -0.489 e. The summed E-state index contributed by atoms with van der Waals surface area (Å²) < 4.78 is 48.2. The number of ether oxygens (including phenoxy) is 1. The topological polar surface area (TPSA) is 115 Å². The lowest BCUT2D eigenvalue weighted by Crippen LogP contribution is -2.56. The third-order valence-electron chi connectivity index (χ3n) is 5.99. The summed E-state index contributed by atoms with van der Waals surface area (Å²) in [4.78, 5) is 17.0. The van der Waals surface area contributed by atoms with Crippen LogP contribution in [0.4, 0.5) is 4.39 Å². The van der Waals surface area contributed by atoms with Gasteiger partial charge in [0.2, 0.25) is 0 Å². The third kappa shape index (κ3) is 3.85. The van der Waals surface area contributed by atoms with Gasteiger partial charge in [0.05, 0.1) is 23.1 Å². The second kappa shape index (κ2) is 7.76. The molecule has 0 saturated carbocycles. The van der Waals surface area contributed by atoms with Crippen LogP contribution in [0.15, 0.2) is 23.2 Å². The van der Waals surface area contributed by atoms with Crippen molar-refractivity contribution in [3.8, 4) is 11.8 Å². The lowest BCUT2D eigenvalue weighted by molar-refractivity contribution is 0.0368. The maximum atomic E-state index is 14.1. The van der Waals surface area contributed by atoms with E-state index in [1.54, 1.807) is 26.8 Å². The van der Waals surface area contributed by atoms with Gasteiger partial charge in [0, 0.05) is 35.3 Å². The van der Waals surface area contributed by atoms with Crippen LogP contribution in [-0.2, 0) is 10.0 Å². The van der Waals surface area contributed by atoms with E-state index in [-0.39, 0.29) is 33.9 Å². The lowest BCUT2D eigenvalue weighted by Gasteiger charge is -2.43. The highest BCUT2D eigenvalue weighted by molar-refractivity contribution is 7.89. The van der Waals surface area contributed by atoms with Crippen LogP contribution in [0.25, 0.3) is 0 Å². The molecule has 0 bridgehead atoms. The number of likely N-dealkylation sites (tertiary alicyclic amines) is 1. The normalized spacial score (nSPS) is 21.8. The Bertz CT molecular complexity index is 1250. The summed E-state index contributed by atoms with van der Waals surface area (Å²) in [6, 6.07) is 5.50. The van der Waals surface area contributed by atoms with Crippen LogP contribution in [-0.4, -0.2) is 49.9 Å².